The van der Waals surface area contributed by atoms with E-state index in [-0.39, 0.29) is 25.5 Å². The van der Waals surface area contributed by atoms with Gasteiger partial charge in [-0.2, -0.15) is 0 Å². The van der Waals surface area contributed by atoms with Crippen molar-refractivity contribution < 1.29 is 24.3 Å². The van der Waals surface area contributed by atoms with E-state index in [4.69, 9.17) is 22.0 Å². The maximum Gasteiger partial charge on any atom is 0.323 e. The van der Waals surface area contributed by atoms with Gasteiger partial charge in [0, 0.05) is 30.3 Å². The van der Waals surface area contributed by atoms with E-state index in [1.54, 1.807) is 0 Å². The number of benzene rings is 1. The standard InChI is InChI=1S/C20H28N6O5/c1-2-3-14(21)17-20(31)25(11-16(28)29)8-9-26(17)15(27)10-24-19(30)13-6-4-12(5-7-13)18(22)23/h4-7,14,17H,2-3,8-11,21H2,1H3,(H3,22,23)(H,24,30)(H,28,29)/t14?,17-/m0/s1. The number of nitrogens with zero attached hydrogens (tertiary/aromatic N) is 2. The molecule has 0 radical (unpaired) electrons. The van der Waals surface area contributed by atoms with E-state index in [9.17, 15) is 19.2 Å². The highest BCUT2D eigenvalue weighted by Gasteiger charge is 2.41. The minimum absolute atomic E-state index is 0.0761. The smallest absolute Gasteiger partial charge is 0.323 e. The van der Waals surface area contributed by atoms with E-state index in [1.165, 1.54) is 34.1 Å². The van der Waals surface area contributed by atoms with Gasteiger partial charge in [-0.3, -0.25) is 24.6 Å². The number of hydrogen-bond acceptors (Lipinski definition) is 6. The Morgan fingerprint density at radius 3 is 2.39 bits per heavy atom. The summed E-state index contributed by atoms with van der Waals surface area (Å²) in [5.41, 5.74) is 12.3. The summed E-state index contributed by atoms with van der Waals surface area (Å²) in [6, 6.07) is 4.41. The molecule has 0 saturated carbocycles. The summed E-state index contributed by atoms with van der Waals surface area (Å²) in [5.74, 6) is -2.74. The van der Waals surface area contributed by atoms with Gasteiger partial charge in [0.05, 0.1) is 6.54 Å². The predicted molar refractivity (Wildman–Crippen MR) is 112 cm³/mol. The molecule has 2 atom stereocenters. The Kier molecular flexibility index (Phi) is 8.08. The van der Waals surface area contributed by atoms with Crippen LogP contribution in [0.3, 0.4) is 0 Å². The lowest BCUT2D eigenvalue weighted by Gasteiger charge is -2.42. The van der Waals surface area contributed by atoms with Crippen LogP contribution in [0.1, 0.15) is 35.7 Å². The molecule has 1 aromatic carbocycles. The van der Waals surface area contributed by atoms with Crippen LogP contribution in [0.2, 0.25) is 0 Å². The molecule has 0 aliphatic carbocycles. The molecule has 2 rings (SSSR count). The SMILES string of the molecule is CCCC(N)[C@H]1C(=O)N(CC(=O)O)CCN1C(=O)CNC(=O)c1ccc(C(=N)N)cc1. The van der Waals surface area contributed by atoms with Crippen molar-refractivity contribution in [1.29, 1.82) is 5.41 Å². The maximum atomic E-state index is 12.8. The summed E-state index contributed by atoms with van der Waals surface area (Å²) in [4.78, 5) is 51.5. The highest BCUT2D eigenvalue weighted by atomic mass is 16.4. The van der Waals surface area contributed by atoms with E-state index >= 15 is 0 Å². The number of amidine groups is 1. The Bertz CT molecular complexity index is 856. The number of aliphatic carboxylic acids is 1. The van der Waals surface area contributed by atoms with Crippen molar-refractivity contribution in [3.8, 4) is 0 Å². The van der Waals surface area contributed by atoms with Gasteiger partial charge in [-0.25, -0.2) is 0 Å². The van der Waals surface area contributed by atoms with E-state index < -0.39 is 42.3 Å². The zero-order chi connectivity index (χ0) is 23.1. The first-order chi connectivity index (χ1) is 14.6. The molecule has 0 bridgehead atoms. The number of nitrogens with one attached hydrogen (secondary N) is 2. The molecule has 1 unspecified atom stereocenters. The number of rotatable bonds is 9. The van der Waals surface area contributed by atoms with Gasteiger partial charge in [-0.15, -0.1) is 0 Å². The highest BCUT2D eigenvalue weighted by molar-refractivity contribution is 5.99. The van der Waals surface area contributed by atoms with Crippen molar-refractivity contribution in [3.63, 3.8) is 0 Å². The molecule has 3 amide bonds. The number of carboxylic acids is 1. The second kappa shape index (κ2) is 10.5. The normalized spacial score (nSPS) is 17.2. The van der Waals surface area contributed by atoms with Crippen molar-refractivity contribution in [2.75, 3.05) is 26.2 Å². The number of nitrogens with two attached hydrogens (primary N) is 2. The number of carbonyl (C=O) groups excluding carboxylic acids is 3. The van der Waals surface area contributed by atoms with Gasteiger partial charge < -0.3 is 31.7 Å². The maximum absolute atomic E-state index is 12.8. The lowest BCUT2D eigenvalue weighted by atomic mass is 9.98. The Morgan fingerprint density at radius 1 is 1.23 bits per heavy atom. The molecule has 11 heteroatoms. The summed E-state index contributed by atoms with van der Waals surface area (Å²) in [7, 11) is 0. The van der Waals surface area contributed by atoms with E-state index in [0.717, 1.165) is 0 Å². The van der Waals surface area contributed by atoms with E-state index in [1.807, 2.05) is 6.92 Å². The van der Waals surface area contributed by atoms with Crippen LogP contribution in [0.25, 0.3) is 0 Å². The van der Waals surface area contributed by atoms with Gasteiger partial charge in [0.15, 0.2) is 0 Å². The first-order valence-electron chi connectivity index (χ1n) is 9.94. The third-order valence-corrected chi connectivity index (χ3v) is 5.04. The summed E-state index contributed by atoms with van der Waals surface area (Å²) < 4.78 is 0. The molecule has 1 saturated heterocycles. The fourth-order valence-corrected chi connectivity index (χ4v) is 3.46. The van der Waals surface area contributed by atoms with Crippen LogP contribution in [-0.4, -0.2) is 82.7 Å². The van der Waals surface area contributed by atoms with Crippen molar-refractivity contribution in [3.05, 3.63) is 35.4 Å². The van der Waals surface area contributed by atoms with Gasteiger partial charge in [0.1, 0.15) is 18.4 Å². The van der Waals surface area contributed by atoms with Crippen LogP contribution in [-0.2, 0) is 14.4 Å². The quantitative estimate of drug-likeness (QED) is 0.243. The molecule has 1 aromatic rings. The fourth-order valence-electron chi connectivity index (χ4n) is 3.46. The Morgan fingerprint density at radius 2 is 1.84 bits per heavy atom. The molecule has 168 valence electrons. The Balaban J connectivity index is 2.07. The molecule has 0 aromatic heterocycles. The monoisotopic (exact) mass is 432 g/mol. The molecule has 0 spiro atoms. The number of hydrogen-bond donors (Lipinski definition) is 5. The largest absolute Gasteiger partial charge is 0.480 e. The van der Waals surface area contributed by atoms with Crippen LogP contribution in [0.5, 0.6) is 0 Å². The second-order valence-electron chi connectivity index (χ2n) is 7.31. The van der Waals surface area contributed by atoms with Crippen LogP contribution < -0.4 is 16.8 Å². The lowest BCUT2D eigenvalue weighted by Crippen LogP contribution is -2.65. The van der Waals surface area contributed by atoms with Gasteiger partial charge in [0.2, 0.25) is 11.8 Å². The topological polar surface area (TPSA) is 183 Å². The van der Waals surface area contributed by atoms with Gasteiger partial charge in [-0.1, -0.05) is 25.5 Å². The fraction of sp³-hybridized carbons (Fsp3) is 0.450. The number of amides is 3. The molecule has 7 N–H and O–H groups in total. The summed E-state index contributed by atoms with van der Waals surface area (Å²) in [6.45, 7) is 1.31. The van der Waals surface area contributed by atoms with Gasteiger partial charge in [0.25, 0.3) is 5.91 Å². The van der Waals surface area contributed by atoms with Crippen LogP contribution >= 0.6 is 0 Å². The summed E-state index contributed by atoms with van der Waals surface area (Å²) in [5, 5.41) is 18.9. The van der Waals surface area contributed by atoms with Crippen molar-refractivity contribution in [2.24, 2.45) is 11.5 Å². The average molecular weight is 432 g/mol. The summed E-state index contributed by atoms with van der Waals surface area (Å²) >= 11 is 0. The van der Waals surface area contributed by atoms with Crippen molar-refractivity contribution in [2.45, 2.75) is 31.8 Å². The Hall–Kier alpha value is -3.47. The molecule has 31 heavy (non-hydrogen) atoms. The average Bonchev–Trinajstić information content (AvgIpc) is 2.72. The first-order valence-corrected chi connectivity index (χ1v) is 9.94. The van der Waals surface area contributed by atoms with Crippen molar-refractivity contribution >= 4 is 29.5 Å². The number of nitrogen functional groups attached to an aromatic ring is 1. The first kappa shape index (κ1) is 23.8. The zero-order valence-electron chi connectivity index (χ0n) is 17.3. The molecule has 1 fully saturated rings. The zero-order valence-corrected chi connectivity index (χ0v) is 17.3. The lowest BCUT2D eigenvalue weighted by molar-refractivity contribution is -0.156. The minimum atomic E-state index is -1.14. The van der Waals surface area contributed by atoms with Crippen molar-refractivity contribution in [1.82, 2.24) is 15.1 Å². The number of carbonyl (C=O) groups is 4. The second-order valence-corrected chi connectivity index (χ2v) is 7.31. The van der Waals surface area contributed by atoms with E-state index in [2.05, 4.69) is 5.32 Å². The van der Waals surface area contributed by atoms with E-state index in [0.29, 0.717) is 24.0 Å². The minimum Gasteiger partial charge on any atom is -0.480 e. The molecule has 1 aliphatic heterocycles. The third kappa shape index (κ3) is 6.01. The highest BCUT2D eigenvalue weighted by Crippen LogP contribution is 2.17. The molecular weight excluding hydrogens is 404 g/mol. The number of piperazine rings is 1. The predicted octanol–water partition coefficient (Wildman–Crippen LogP) is -1.05. The van der Waals surface area contributed by atoms with Crippen LogP contribution in [0.4, 0.5) is 0 Å². The van der Waals surface area contributed by atoms with Gasteiger partial charge >= 0.3 is 5.97 Å². The molecule has 11 nitrogen and oxygen atoms in total. The summed E-state index contributed by atoms with van der Waals surface area (Å²) in [6.07, 6.45) is 1.18. The van der Waals surface area contributed by atoms with Gasteiger partial charge in [-0.05, 0) is 18.6 Å². The van der Waals surface area contributed by atoms with Crippen LogP contribution in [0, 0.1) is 5.41 Å². The Labute approximate surface area is 179 Å². The number of carboxylic acid groups (broad SMARTS) is 1. The van der Waals surface area contributed by atoms with Crippen LogP contribution in [0.15, 0.2) is 24.3 Å². The molecule has 1 heterocycles. The molecular formula is C20H28N6O5. The molecule has 1 aliphatic rings. The third-order valence-electron chi connectivity index (χ3n) is 5.04.